The highest BCUT2D eigenvalue weighted by molar-refractivity contribution is 5.95. The van der Waals surface area contributed by atoms with Crippen LogP contribution in [0.3, 0.4) is 0 Å². The molecule has 0 aliphatic heterocycles. The molecular formula is C25H20FN3O5. The Hall–Kier alpha value is -4.66. The first-order valence-corrected chi connectivity index (χ1v) is 10.2. The lowest BCUT2D eigenvalue weighted by Crippen LogP contribution is -2.14. The maximum Gasteiger partial charge on any atom is 0.412 e. The van der Waals surface area contributed by atoms with Crippen molar-refractivity contribution in [1.29, 1.82) is 0 Å². The summed E-state index contributed by atoms with van der Waals surface area (Å²) in [5, 5.41) is 5.50. The summed E-state index contributed by atoms with van der Waals surface area (Å²) in [4.78, 5) is 27.3. The van der Waals surface area contributed by atoms with Crippen LogP contribution in [-0.4, -0.2) is 24.6 Å². The van der Waals surface area contributed by atoms with Gasteiger partial charge in [0.25, 0.3) is 0 Å². The predicted molar refractivity (Wildman–Crippen MR) is 125 cm³/mol. The van der Waals surface area contributed by atoms with E-state index in [4.69, 9.17) is 14.2 Å². The van der Waals surface area contributed by atoms with Gasteiger partial charge in [-0.15, -0.1) is 0 Å². The van der Waals surface area contributed by atoms with E-state index in [0.717, 1.165) is 11.6 Å². The number of fused-ring (bicyclic) bond motifs is 1. The van der Waals surface area contributed by atoms with Crippen LogP contribution >= 0.6 is 0 Å². The van der Waals surface area contributed by atoms with Gasteiger partial charge in [-0.2, -0.15) is 0 Å². The lowest BCUT2D eigenvalue weighted by molar-refractivity contribution is -0.105. The van der Waals surface area contributed by atoms with Crippen molar-refractivity contribution in [2.75, 3.05) is 17.7 Å². The molecule has 0 saturated carbocycles. The second-order valence-electron chi connectivity index (χ2n) is 7.07. The Morgan fingerprint density at radius 3 is 2.59 bits per heavy atom. The minimum Gasteiger partial charge on any atom is -0.494 e. The molecule has 3 aromatic carbocycles. The van der Waals surface area contributed by atoms with Crippen LogP contribution in [0.2, 0.25) is 0 Å². The highest BCUT2D eigenvalue weighted by atomic mass is 19.1. The molecule has 2 N–H and O–H groups in total. The molecule has 172 valence electrons. The predicted octanol–water partition coefficient (Wildman–Crippen LogP) is 5.49. The molecule has 4 rings (SSSR count). The van der Waals surface area contributed by atoms with Crippen LogP contribution < -0.4 is 20.1 Å². The molecular weight excluding hydrogens is 441 g/mol. The molecule has 0 aliphatic carbocycles. The number of hydrogen-bond donors (Lipinski definition) is 2. The summed E-state index contributed by atoms with van der Waals surface area (Å²) in [6, 6.07) is 18.3. The Labute approximate surface area is 194 Å². The van der Waals surface area contributed by atoms with Gasteiger partial charge in [-0.1, -0.05) is 30.3 Å². The van der Waals surface area contributed by atoms with E-state index in [2.05, 4.69) is 15.6 Å². The number of rotatable bonds is 8. The molecule has 1 aromatic heterocycles. The summed E-state index contributed by atoms with van der Waals surface area (Å²) < 4.78 is 30.7. The third-order valence-corrected chi connectivity index (χ3v) is 4.86. The SMILES string of the molecule is COc1cc2nccc(Oc3ccc(NC=O)c(F)c3)c2cc1NC(=O)OCc1ccccc1. The molecule has 34 heavy (non-hydrogen) atoms. The number of nitrogens with zero attached hydrogens (tertiary/aromatic N) is 1. The van der Waals surface area contributed by atoms with Crippen molar-refractivity contribution in [1.82, 2.24) is 4.98 Å². The van der Waals surface area contributed by atoms with Crippen LogP contribution in [0.15, 0.2) is 72.9 Å². The third-order valence-electron chi connectivity index (χ3n) is 4.86. The zero-order chi connectivity index (χ0) is 23.9. The van der Waals surface area contributed by atoms with Gasteiger partial charge in [0.05, 0.1) is 24.0 Å². The highest BCUT2D eigenvalue weighted by Crippen LogP contribution is 2.36. The van der Waals surface area contributed by atoms with Crippen LogP contribution in [0.25, 0.3) is 10.9 Å². The Bertz CT molecular complexity index is 1330. The zero-order valence-corrected chi connectivity index (χ0v) is 18.1. The molecule has 4 aromatic rings. The van der Waals surface area contributed by atoms with Crippen molar-refractivity contribution >= 4 is 34.8 Å². The first-order valence-electron chi connectivity index (χ1n) is 10.2. The van der Waals surface area contributed by atoms with Crippen LogP contribution in [-0.2, 0) is 16.1 Å². The largest absolute Gasteiger partial charge is 0.494 e. The van der Waals surface area contributed by atoms with E-state index in [1.165, 1.54) is 25.4 Å². The summed E-state index contributed by atoms with van der Waals surface area (Å²) in [5.41, 5.74) is 1.77. The van der Waals surface area contributed by atoms with Gasteiger partial charge in [0.1, 0.15) is 29.7 Å². The number of carbonyl (C=O) groups excluding carboxylic acids is 2. The first kappa shape index (κ1) is 22.5. The van der Waals surface area contributed by atoms with Gasteiger partial charge in [0, 0.05) is 23.7 Å². The van der Waals surface area contributed by atoms with Gasteiger partial charge >= 0.3 is 6.09 Å². The van der Waals surface area contributed by atoms with E-state index in [0.29, 0.717) is 34.5 Å². The Kier molecular flexibility index (Phi) is 6.83. The highest BCUT2D eigenvalue weighted by Gasteiger charge is 2.14. The smallest absolute Gasteiger partial charge is 0.412 e. The number of nitrogens with one attached hydrogen (secondary N) is 2. The summed E-state index contributed by atoms with van der Waals surface area (Å²) in [5.74, 6) is 0.329. The standard InChI is InChI=1S/C25H20FN3O5/c1-32-24-13-21-18(12-22(24)29-25(31)33-14-16-5-3-2-4-6-16)23(9-10-27-21)34-17-7-8-20(28-15-30)19(26)11-17/h2-13,15H,14H2,1H3,(H,28,30)(H,29,31). The molecule has 1 heterocycles. The van der Waals surface area contributed by atoms with Crippen molar-refractivity contribution in [2.24, 2.45) is 0 Å². The van der Waals surface area contributed by atoms with Crippen molar-refractivity contribution in [3.8, 4) is 17.2 Å². The van der Waals surface area contributed by atoms with E-state index in [1.54, 1.807) is 18.2 Å². The Morgan fingerprint density at radius 1 is 1.03 bits per heavy atom. The normalized spacial score (nSPS) is 10.4. The molecule has 9 heteroatoms. The molecule has 8 nitrogen and oxygen atoms in total. The quantitative estimate of drug-likeness (QED) is 0.337. The van der Waals surface area contributed by atoms with Gasteiger partial charge in [-0.05, 0) is 29.8 Å². The average Bonchev–Trinajstić information content (AvgIpc) is 2.85. The van der Waals surface area contributed by atoms with E-state index < -0.39 is 11.9 Å². The summed E-state index contributed by atoms with van der Waals surface area (Å²) in [6.45, 7) is 0.110. The first-order chi connectivity index (χ1) is 16.6. The second-order valence-corrected chi connectivity index (χ2v) is 7.07. The summed E-state index contributed by atoms with van der Waals surface area (Å²) in [7, 11) is 1.47. The van der Waals surface area contributed by atoms with Gasteiger partial charge in [-0.3, -0.25) is 15.1 Å². The monoisotopic (exact) mass is 461 g/mol. The number of carbonyl (C=O) groups is 2. The molecule has 2 amide bonds. The summed E-state index contributed by atoms with van der Waals surface area (Å²) in [6.07, 6.45) is 1.27. The number of benzene rings is 3. The molecule has 0 unspecified atom stereocenters. The third kappa shape index (κ3) is 5.21. The van der Waals surface area contributed by atoms with Crippen LogP contribution in [0.4, 0.5) is 20.6 Å². The maximum atomic E-state index is 14.2. The number of hydrogen-bond acceptors (Lipinski definition) is 6. The van der Waals surface area contributed by atoms with Crippen molar-refractivity contribution < 1.29 is 28.2 Å². The molecule has 0 atom stereocenters. The number of methoxy groups -OCH3 is 1. The van der Waals surface area contributed by atoms with E-state index in [1.807, 2.05) is 30.3 Å². The lowest BCUT2D eigenvalue weighted by Gasteiger charge is -2.14. The van der Waals surface area contributed by atoms with E-state index in [-0.39, 0.29) is 18.0 Å². The Balaban J connectivity index is 1.58. The fourth-order valence-electron chi connectivity index (χ4n) is 3.24. The average molecular weight is 461 g/mol. The molecule has 0 aliphatic rings. The lowest BCUT2D eigenvalue weighted by atomic mass is 10.1. The van der Waals surface area contributed by atoms with E-state index >= 15 is 0 Å². The number of aromatic nitrogens is 1. The van der Waals surface area contributed by atoms with Crippen LogP contribution in [0.5, 0.6) is 17.2 Å². The molecule has 0 spiro atoms. The zero-order valence-electron chi connectivity index (χ0n) is 18.1. The fraction of sp³-hybridized carbons (Fsp3) is 0.0800. The maximum absolute atomic E-state index is 14.2. The minimum absolute atomic E-state index is 0.0344. The van der Waals surface area contributed by atoms with Gasteiger partial charge in [0.2, 0.25) is 6.41 Å². The van der Waals surface area contributed by atoms with Crippen molar-refractivity contribution in [3.05, 3.63) is 84.3 Å². The van der Waals surface area contributed by atoms with Crippen LogP contribution in [0.1, 0.15) is 5.56 Å². The number of amides is 2. The molecule has 0 fully saturated rings. The molecule has 0 bridgehead atoms. The van der Waals surface area contributed by atoms with Crippen molar-refractivity contribution in [2.45, 2.75) is 6.61 Å². The number of anilines is 2. The van der Waals surface area contributed by atoms with Gasteiger partial charge in [0.15, 0.2) is 0 Å². The van der Waals surface area contributed by atoms with E-state index in [9.17, 15) is 14.0 Å². The Morgan fingerprint density at radius 2 is 1.85 bits per heavy atom. The van der Waals surface area contributed by atoms with Crippen LogP contribution in [0, 0.1) is 5.82 Å². The molecule has 0 radical (unpaired) electrons. The second kappa shape index (κ2) is 10.3. The molecule has 0 saturated heterocycles. The topological polar surface area (TPSA) is 98.8 Å². The van der Waals surface area contributed by atoms with Crippen molar-refractivity contribution in [3.63, 3.8) is 0 Å². The fourth-order valence-corrected chi connectivity index (χ4v) is 3.24. The van der Waals surface area contributed by atoms with Gasteiger partial charge in [-0.25, -0.2) is 9.18 Å². The van der Waals surface area contributed by atoms with Gasteiger partial charge < -0.3 is 19.5 Å². The summed E-state index contributed by atoms with van der Waals surface area (Å²) >= 11 is 0. The number of pyridine rings is 1. The number of ether oxygens (including phenoxy) is 3. The minimum atomic E-state index is -0.659. The number of halogens is 1.